The third-order valence-corrected chi connectivity index (χ3v) is 4.62. The van der Waals surface area contributed by atoms with E-state index in [2.05, 4.69) is 6.92 Å². The van der Waals surface area contributed by atoms with Gasteiger partial charge in [-0.3, -0.25) is 0 Å². The largest absolute Gasteiger partial charge is 0.372 e. The molecular formula is C8H15OP. The first-order valence-electron chi connectivity index (χ1n) is 4.21. The molecule has 2 aliphatic rings. The van der Waals surface area contributed by atoms with E-state index in [0.29, 0.717) is 6.10 Å². The summed E-state index contributed by atoms with van der Waals surface area (Å²) in [4.78, 5) is 0. The molecule has 4 unspecified atom stereocenters. The van der Waals surface area contributed by atoms with Crippen LogP contribution in [0.4, 0.5) is 0 Å². The molecule has 0 aromatic heterocycles. The summed E-state index contributed by atoms with van der Waals surface area (Å²) in [6.07, 6.45) is 5.03. The van der Waals surface area contributed by atoms with Gasteiger partial charge in [0.2, 0.25) is 0 Å². The Morgan fingerprint density at radius 2 is 2.20 bits per heavy atom. The molecule has 2 aliphatic heterocycles. The number of hydrogen-bond donors (Lipinski definition) is 0. The van der Waals surface area contributed by atoms with Gasteiger partial charge in [0.1, 0.15) is 0 Å². The van der Waals surface area contributed by atoms with E-state index in [1.807, 2.05) is 0 Å². The summed E-state index contributed by atoms with van der Waals surface area (Å²) in [5.41, 5.74) is 0.955. The van der Waals surface area contributed by atoms with Gasteiger partial charge in [0.25, 0.3) is 0 Å². The van der Waals surface area contributed by atoms with Crippen molar-refractivity contribution in [3.05, 3.63) is 0 Å². The van der Waals surface area contributed by atoms with Gasteiger partial charge in [-0.25, -0.2) is 0 Å². The molecule has 2 rings (SSSR count). The van der Waals surface area contributed by atoms with Crippen LogP contribution in [0.3, 0.4) is 0 Å². The van der Waals surface area contributed by atoms with Gasteiger partial charge in [-0.15, -0.1) is 8.58 Å². The molecule has 0 aromatic carbocycles. The van der Waals surface area contributed by atoms with Crippen LogP contribution in [0, 0.1) is 5.92 Å². The number of ether oxygens (including phenoxy) is 1. The standard InChI is InChI=1S/C8H15OP/c1-6-2-3-8(10-5-6)7-4-9-7/h6-8,10H,2-5H2,1H3. The lowest BCUT2D eigenvalue weighted by Gasteiger charge is -2.24. The zero-order valence-electron chi connectivity index (χ0n) is 6.47. The van der Waals surface area contributed by atoms with Crippen molar-refractivity contribution in [2.45, 2.75) is 31.5 Å². The van der Waals surface area contributed by atoms with Crippen molar-refractivity contribution in [3.8, 4) is 0 Å². The topological polar surface area (TPSA) is 12.5 Å². The average Bonchev–Trinajstić information content (AvgIpc) is 2.71. The molecular weight excluding hydrogens is 143 g/mol. The maximum Gasteiger partial charge on any atom is 0.0874 e. The maximum absolute atomic E-state index is 5.29. The molecule has 0 aliphatic carbocycles. The first-order valence-corrected chi connectivity index (χ1v) is 5.49. The third kappa shape index (κ3) is 1.52. The highest BCUT2D eigenvalue weighted by Crippen LogP contribution is 2.40. The van der Waals surface area contributed by atoms with E-state index in [1.165, 1.54) is 27.6 Å². The summed E-state index contributed by atoms with van der Waals surface area (Å²) in [6.45, 7) is 3.43. The minimum absolute atomic E-state index is 0.686. The number of epoxide rings is 1. The second-order valence-corrected chi connectivity index (χ2v) is 5.13. The first-order chi connectivity index (χ1) is 4.86. The zero-order chi connectivity index (χ0) is 6.97. The lowest BCUT2D eigenvalue weighted by Crippen LogP contribution is -2.18. The second-order valence-electron chi connectivity index (χ2n) is 3.57. The van der Waals surface area contributed by atoms with Crippen LogP contribution in [-0.2, 0) is 4.74 Å². The Morgan fingerprint density at radius 3 is 2.70 bits per heavy atom. The van der Waals surface area contributed by atoms with Gasteiger partial charge in [-0.05, 0) is 24.9 Å². The Hall–Kier alpha value is 0.390. The highest BCUT2D eigenvalue weighted by molar-refractivity contribution is 7.39. The van der Waals surface area contributed by atoms with E-state index < -0.39 is 0 Å². The van der Waals surface area contributed by atoms with Gasteiger partial charge in [0.15, 0.2) is 0 Å². The van der Waals surface area contributed by atoms with Gasteiger partial charge in [0.05, 0.1) is 12.7 Å². The van der Waals surface area contributed by atoms with E-state index in [-0.39, 0.29) is 0 Å². The molecule has 2 fully saturated rings. The SMILES string of the molecule is CC1CCC(C2CO2)PC1. The Balaban J connectivity index is 1.79. The molecule has 2 heteroatoms. The summed E-state index contributed by atoms with van der Waals surface area (Å²) >= 11 is 0. The Kier molecular flexibility index (Phi) is 1.97. The fourth-order valence-electron chi connectivity index (χ4n) is 1.63. The van der Waals surface area contributed by atoms with Crippen LogP contribution in [0.5, 0.6) is 0 Å². The highest BCUT2D eigenvalue weighted by atomic mass is 31.1. The monoisotopic (exact) mass is 158 g/mol. The van der Waals surface area contributed by atoms with Gasteiger partial charge in [0, 0.05) is 5.66 Å². The fourth-order valence-corrected chi connectivity index (χ4v) is 3.36. The predicted octanol–water partition coefficient (Wildman–Crippen LogP) is 1.86. The molecule has 4 atom stereocenters. The minimum Gasteiger partial charge on any atom is -0.372 e. The van der Waals surface area contributed by atoms with Crippen LogP contribution in [0.25, 0.3) is 0 Å². The zero-order valence-corrected chi connectivity index (χ0v) is 7.47. The summed E-state index contributed by atoms with van der Waals surface area (Å²) in [5, 5.41) is 0. The van der Waals surface area contributed by atoms with Crippen LogP contribution >= 0.6 is 8.58 Å². The Morgan fingerprint density at radius 1 is 1.40 bits per heavy atom. The van der Waals surface area contributed by atoms with Crippen LogP contribution in [-0.4, -0.2) is 24.5 Å². The highest BCUT2D eigenvalue weighted by Gasteiger charge is 2.34. The van der Waals surface area contributed by atoms with Gasteiger partial charge < -0.3 is 4.74 Å². The fraction of sp³-hybridized carbons (Fsp3) is 1.00. The van der Waals surface area contributed by atoms with Gasteiger partial charge in [-0.1, -0.05) is 6.92 Å². The lowest BCUT2D eigenvalue weighted by molar-refractivity contribution is 0.381. The van der Waals surface area contributed by atoms with Crippen molar-refractivity contribution in [3.63, 3.8) is 0 Å². The van der Waals surface area contributed by atoms with Crippen LogP contribution in [0.15, 0.2) is 0 Å². The predicted molar refractivity (Wildman–Crippen MR) is 45.1 cm³/mol. The molecule has 0 amide bonds. The Bertz CT molecular complexity index is 114. The molecule has 2 heterocycles. The molecule has 0 saturated carbocycles. The number of rotatable bonds is 1. The van der Waals surface area contributed by atoms with E-state index in [4.69, 9.17) is 4.74 Å². The molecule has 58 valence electrons. The molecule has 0 aromatic rings. The summed E-state index contributed by atoms with van der Waals surface area (Å²) < 4.78 is 5.29. The minimum atomic E-state index is 0.686. The number of hydrogen-bond acceptors (Lipinski definition) is 1. The quantitative estimate of drug-likeness (QED) is 0.419. The van der Waals surface area contributed by atoms with Gasteiger partial charge in [-0.2, -0.15) is 0 Å². The van der Waals surface area contributed by atoms with Crippen molar-refractivity contribution >= 4 is 8.58 Å². The summed E-state index contributed by atoms with van der Waals surface area (Å²) in [5.74, 6) is 0.994. The van der Waals surface area contributed by atoms with Crippen LogP contribution in [0.2, 0.25) is 0 Å². The molecule has 0 radical (unpaired) electrons. The van der Waals surface area contributed by atoms with Crippen molar-refractivity contribution in [1.29, 1.82) is 0 Å². The molecule has 0 bridgehead atoms. The normalized spacial score (nSPS) is 49.5. The Labute approximate surface area is 64.3 Å². The second kappa shape index (κ2) is 2.79. The third-order valence-electron chi connectivity index (χ3n) is 2.51. The van der Waals surface area contributed by atoms with E-state index in [0.717, 1.165) is 18.2 Å². The van der Waals surface area contributed by atoms with Crippen LogP contribution in [0.1, 0.15) is 19.8 Å². The molecule has 0 N–H and O–H groups in total. The summed E-state index contributed by atoms with van der Waals surface area (Å²) in [7, 11) is 1.19. The van der Waals surface area contributed by atoms with E-state index in [9.17, 15) is 0 Å². The van der Waals surface area contributed by atoms with Crippen molar-refractivity contribution < 1.29 is 4.74 Å². The molecule has 0 spiro atoms. The van der Waals surface area contributed by atoms with Gasteiger partial charge >= 0.3 is 0 Å². The lowest BCUT2D eigenvalue weighted by atomic mass is 10.0. The van der Waals surface area contributed by atoms with Crippen molar-refractivity contribution in [2.75, 3.05) is 12.8 Å². The van der Waals surface area contributed by atoms with E-state index in [1.54, 1.807) is 0 Å². The smallest absolute Gasteiger partial charge is 0.0874 e. The van der Waals surface area contributed by atoms with E-state index >= 15 is 0 Å². The van der Waals surface area contributed by atoms with Crippen molar-refractivity contribution in [2.24, 2.45) is 5.92 Å². The van der Waals surface area contributed by atoms with Crippen LogP contribution < -0.4 is 0 Å². The first kappa shape index (κ1) is 7.06. The molecule has 2 saturated heterocycles. The maximum atomic E-state index is 5.29. The average molecular weight is 158 g/mol. The van der Waals surface area contributed by atoms with Crippen molar-refractivity contribution in [1.82, 2.24) is 0 Å². The molecule has 10 heavy (non-hydrogen) atoms. The summed E-state index contributed by atoms with van der Waals surface area (Å²) in [6, 6.07) is 0. The molecule has 1 nitrogen and oxygen atoms in total.